The van der Waals surface area contributed by atoms with E-state index in [2.05, 4.69) is 22.0 Å². The Morgan fingerprint density at radius 2 is 1.73 bits per heavy atom. The molecule has 0 radical (unpaired) electrons. The number of carbonyl (C=O) groups excluding carboxylic acids is 2. The van der Waals surface area contributed by atoms with Crippen molar-refractivity contribution in [1.82, 2.24) is 4.90 Å². The zero-order chi connectivity index (χ0) is 21.7. The molecule has 160 valence electrons. The van der Waals surface area contributed by atoms with E-state index in [0.29, 0.717) is 28.4 Å². The zero-order valence-electron chi connectivity index (χ0n) is 17.7. The van der Waals surface area contributed by atoms with Gasteiger partial charge in [-0.1, -0.05) is 24.6 Å². The number of esters is 1. The van der Waals surface area contributed by atoms with Gasteiger partial charge >= 0.3 is 5.97 Å². The molecule has 2 aromatic rings. The van der Waals surface area contributed by atoms with Gasteiger partial charge in [-0.05, 0) is 56.3 Å². The quantitative estimate of drug-likeness (QED) is 0.696. The minimum Gasteiger partial charge on any atom is -0.462 e. The summed E-state index contributed by atoms with van der Waals surface area (Å²) < 4.78 is 5.13. The topological polar surface area (TPSA) is 61.9 Å². The number of amides is 1. The molecule has 0 unspecified atom stereocenters. The second kappa shape index (κ2) is 9.96. The van der Waals surface area contributed by atoms with Gasteiger partial charge in [-0.25, -0.2) is 4.79 Å². The molecule has 0 atom stereocenters. The van der Waals surface area contributed by atoms with Crippen LogP contribution in [0.3, 0.4) is 0 Å². The maximum absolute atomic E-state index is 12.9. The summed E-state index contributed by atoms with van der Waals surface area (Å²) in [4.78, 5) is 29.8. The predicted octanol–water partition coefficient (Wildman–Crippen LogP) is 4.22. The SMILES string of the molecule is CCOC(=O)c1ccc(N2CCN(CC)CC2)c(NC(=O)c2ccc(C)c(Cl)c2)c1. The molecule has 6 nitrogen and oxygen atoms in total. The van der Waals surface area contributed by atoms with Gasteiger partial charge in [0.1, 0.15) is 0 Å². The number of rotatable bonds is 6. The first-order chi connectivity index (χ1) is 14.4. The monoisotopic (exact) mass is 429 g/mol. The van der Waals surface area contributed by atoms with Gasteiger partial charge in [0.25, 0.3) is 5.91 Å². The summed E-state index contributed by atoms with van der Waals surface area (Å²) in [6, 6.07) is 10.5. The van der Waals surface area contributed by atoms with Crippen LogP contribution >= 0.6 is 11.6 Å². The number of ether oxygens (including phenoxy) is 1. The van der Waals surface area contributed by atoms with Crippen LogP contribution in [0.15, 0.2) is 36.4 Å². The van der Waals surface area contributed by atoms with Crippen molar-refractivity contribution in [2.45, 2.75) is 20.8 Å². The van der Waals surface area contributed by atoms with E-state index in [-0.39, 0.29) is 5.91 Å². The Morgan fingerprint density at radius 1 is 1.03 bits per heavy atom. The number of likely N-dealkylation sites (N-methyl/N-ethyl adjacent to an activating group) is 1. The Kier molecular flexibility index (Phi) is 7.34. The summed E-state index contributed by atoms with van der Waals surface area (Å²) in [5, 5.41) is 3.51. The highest BCUT2D eigenvalue weighted by atomic mass is 35.5. The Hall–Kier alpha value is -2.57. The Labute approximate surface area is 182 Å². The third-order valence-corrected chi connectivity index (χ3v) is 5.76. The van der Waals surface area contributed by atoms with E-state index in [1.807, 2.05) is 19.1 Å². The summed E-state index contributed by atoms with van der Waals surface area (Å²) in [7, 11) is 0. The van der Waals surface area contributed by atoms with Crippen molar-refractivity contribution >= 4 is 34.9 Å². The number of nitrogens with one attached hydrogen (secondary N) is 1. The van der Waals surface area contributed by atoms with E-state index < -0.39 is 5.97 Å². The van der Waals surface area contributed by atoms with Crippen LogP contribution in [-0.2, 0) is 4.74 Å². The van der Waals surface area contributed by atoms with Gasteiger partial charge in [0, 0.05) is 36.8 Å². The van der Waals surface area contributed by atoms with E-state index >= 15 is 0 Å². The highest BCUT2D eigenvalue weighted by molar-refractivity contribution is 6.31. The second-order valence-corrected chi connectivity index (χ2v) is 7.70. The lowest BCUT2D eigenvalue weighted by Gasteiger charge is -2.36. The molecule has 7 heteroatoms. The molecular weight excluding hydrogens is 402 g/mol. The molecule has 1 amide bonds. The molecule has 0 aliphatic carbocycles. The standard InChI is InChI=1S/C23H28ClN3O3/c1-4-26-10-12-27(13-11-26)21-9-8-18(23(29)30-5-2)15-20(21)25-22(28)17-7-6-16(3)19(24)14-17/h6-9,14-15H,4-5,10-13H2,1-3H3,(H,25,28). The van der Waals surface area contributed by atoms with Crippen LogP contribution in [0.2, 0.25) is 5.02 Å². The molecule has 0 bridgehead atoms. The Morgan fingerprint density at radius 3 is 2.37 bits per heavy atom. The minimum atomic E-state index is -0.409. The van der Waals surface area contributed by atoms with E-state index in [1.165, 1.54) is 0 Å². The number of benzene rings is 2. The molecule has 0 spiro atoms. The van der Waals surface area contributed by atoms with E-state index in [9.17, 15) is 9.59 Å². The van der Waals surface area contributed by atoms with Crippen LogP contribution in [0, 0.1) is 6.92 Å². The molecule has 3 rings (SSSR count). The number of carbonyl (C=O) groups is 2. The van der Waals surface area contributed by atoms with Crippen molar-refractivity contribution in [3.05, 3.63) is 58.1 Å². The number of piperazine rings is 1. The lowest BCUT2D eigenvalue weighted by atomic mass is 10.1. The molecule has 1 N–H and O–H groups in total. The summed E-state index contributed by atoms with van der Waals surface area (Å²) in [5.74, 6) is -0.680. The number of halogens is 1. The average Bonchev–Trinajstić information content (AvgIpc) is 2.76. The molecule has 2 aromatic carbocycles. The summed E-state index contributed by atoms with van der Waals surface area (Å²) in [6.45, 7) is 10.7. The average molecular weight is 430 g/mol. The number of nitrogens with zero attached hydrogens (tertiary/aromatic N) is 2. The van der Waals surface area contributed by atoms with Crippen molar-refractivity contribution in [2.24, 2.45) is 0 Å². The summed E-state index contributed by atoms with van der Waals surface area (Å²) in [5.41, 5.74) is 3.27. The van der Waals surface area contributed by atoms with Crippen molar-refractivity contribution in [2.75, 3.05) is 49.5 Å². The molecule has 30 heavy (non-hydrogen) atoms. The number of aryl methyl sites for hydroxylation is 1. The lowest BCUT2D eigenvalue weighted by Crippen LogP contribution is -2.46. The molecule has 0 aromatic heterocycles. The molecule has 1 aliphatic rings. The van der Waals surface area contributed by atoms with E-state index in [1.54, 1.807) is 31.2 Å². The summed E-state index contributed by atoms with van der Waals surface area (Å²) in [6.07, 6.45) is 0. The molecule has 1 heterocycles. The second-order valence-electron chi connectivity index (χ2n) is 7.29. The first-order valence-electron chi connectivity index (χ1n) is 10.3. The van der Waals surface area contributed by atoms with Crippen LogP contribution in [-0.4, -0.2) is 56.1 Å². The first-order valence-corrected chi connectivity index (χ1v) is 10.7. The highest BCUT2D eigenvalue weighted by Crippen LogP contribution is 2.29. The van der Waals surface area contributed by atoms with Crippen molar-refractivity contribution in [3.8, 4) is 0 Å². The van der Waals surface area contributed by atoms with Crippen LogP contribution in [0.1, 0.15) is 40.1 Å². The van der Waals surface area contributed by atoms with Gasteiger partial charge in [-0.2, -0.15) is 0 Å². The minimum absolute atomic E-state index is 0.272. The van der Waals surface area contributed by atoms with Gasteiger partial charge in [-0.15, -0.1) is 0 Å². The fraction of sp³-hybridized carbons (Fsp3) is 0.391. The van der Waals surface area contributed by atoms with Crippen LogP contribution in [0.4, 0.5) is 11.4 Å². The fourth-order valence-corrected chi connectivity index (χ4v) is 3.67. The molecule has 1 fully saturated rings. The van der Waals surface area contributed by atoms with Gasteiger partial charge in [0.2, 0.25) is 0 Å². The van der Waals surface area contributed by atoms with Gasteiger partial charge < -0.3 is 19.9 Å². The Balaban J connectivity index is 1.90. The van der Waals surface area contributed by atoms with Crippen molar-refractivity contribution < 1.29 is 14.3 Å². The zero-order valence-corrected chi connectivity index (χ0v) is 18.5. The van der Waals surface area contributed by atoms with Gasteiger partial charge in [0.15, 0.2) is 0 Å². The van der Waals surface area contributed by atoms with Crippen LogP contribution in [0.25, 0.3) is 0 Å². The number of anilines is 2. The maximum Gasteiger partial charge on any atom is 0.338 e. The first kappa shape index (κ1) is 22.1. The molecule has 1 saturated heterocycles. The van der Waals surface area contributed by atoms with Crippen LogP contribution in [0.5, 0.6) is 0 Å². The van der Waals surface area contributed by atoms with Crippen molar-refractivity contribution in [3.63, 3.8) is 0 Å². The maximum atomic E-state index is 12.9. The highest BCUT2D eigenvalue weighted by Gasteiger charge is 2.21. The third kappa shape index (κ3) is 5.12. The summed E-state index contributed by atoms with van der Waals surface area (Å²) >= 11 is 6.19. The van der Waals surface area contributed by atoms with Gasteiger partial charge in [0.05, 0.1) is 23.5 Å². The Bertz CT molecular complexity index is 924. The fourth-order valence-electron chi connectivity index (χ4n) is 3.49. The molecular formula is C23H28ClN3O3. The number of hydrogen-bond acceptors (Lipinski definition) is 5. The lowest BCUT2D eigenvalue weighted by molar-refractivity contribution is 0.0526. The smallest absolute Gasteiger partial charge is 0.338 e. The van der Waals surface area contributed by atoms with E-state index in [4.69, 9.17) is 16.3 Å². The van der Waals surface area contributed by atoms with Crippen molar-refractivity contribution in [1.29, 1.82) is 0 Å². The predicted molar refractivity (Wildman–Crippen MR) is 121 cm³/mol. The third-order valence-electron chi connectivity index (χ3n) is 5.35. The normalized spacial score (nSPS) is 14.5. The number of hydrogen-bond donors (Lipinski definition) is 1. The van der Waals surface area contributed by atoms with Crippen LogP contribution < -0.4 is 10.2 Å². The molecule has 0 saturated carbocycles. The van der Waals surface area contributed by atoms with Gasteiger partial charge in [-0.3, -0.25) is 4.79 Å². The molecule has 1 aliphatic heterocycles. The largest absolute Gasteiger partial charge is 0.462 e. The van der Waals surface area contributed by atoms with E-state index in [0.717, 1.165) is 44.0 Å².